The minimum atomic E-state index is -0.692. The smallest absolute Gasteiger partial charge is 0.414 e. The normalized spacial score (nSPS) is 18.8. The van der Waals surface area contributed by atoms with Crippen LogP contribution in [0.2, 0.25) is 0 Å². The van der Waals surface area contributed by atoms with Gasteiger partial charge in [0.25, 0.3) is 0 Å². The van der Waals surface area contributed by atoms with Crippen molar-refractivity contribution in [2.45, 2.75) is 25.8 Å². The van der Waals surface area contributed by atoms with Crippen molar-refractivity contribution in [1.29, 1.82) is 5.26 Å². The molecule has 2 aromatic heterocycles. The number of carbonyl (C=O) groups excluding carboxylic acids is 1. The number of rotatable bonds is 3. The summed E-state index contributed by atoms with van der Waals surface area (Å²) in [6, 6.07) is 5.08. The van der Waals surface area contributed by atoms with Gasteiger partial charge in [-0.1, -0.05) is 0 Å². The second kappa shape index (κ2) is 8.09. The maximum atomic E-state index is 15.2. The number of fused-ring (bicyclic) bond motifs is 2. The average molecular weight is 448 g/mol. The van der Waals surface area contributed by atoms with Gasteiger partial charge in [-0.05, 0) is 36.8 Å². The number of carbonyl (C=O) groups is 1. The van der Waals surface area contributed by atoms with E-state index < -0.39 is 11.9 Å². The number of ether oxygens (including phenoxy) is 2. The number of halogens is 1. The molecule has 1 saturated carbocycles. The van der Waals surface area contributed by atoms with E-state index in [1.54, 1.807) is 12.3 Å². The monoisotopic (exact) mass is 448 g/mol. The minimum absolute atomic E-state index is 0.0418. The van der Waals surface area contributed by atoms with Crippen LogP contribution in [0, 0.1) is 30.0 Å². The predicted octanol–water partition coefficient (Wildman–Crippen LogP) is 3.52. The molecule has 1 fully saturated rings. The zero-order valence-electron chi connectivity index (χ0n) is 17.8. The molecule has 5 rings (SSSR count). The number of nitrogen functional groups attached to an aromatic ring is 1. The molecule has 2 unspecified atom stereocenters. The Labute approximate surface area is 188 Å². The fourth-order valence-corrected chi connectivity index (χ4v) is 4.12. The van der Waals surface area contributed by atoms with Crippen LogP contribution in [0.15, 0.2) is 24.5 Å². The molecule has 10 heteroatoms. The number of amides is 1. The molecule has 2 aliphatic rings. The molecule has 1 aromatic carbocycles. The molecule has 1 aliphatic carbocycles. The summed E-state index contributed by atoms with van der Waals surface area (Å²) in [5, 5.41) is 15.9. The van der Waals surface area contributed by atoms with Crippen LogP contribution in [-0.2, 0) is 0 Å². The van der Waals surface area contributed by atoms with Crippen molar-refractivity contribution in [3.05, 3.63) is 35.9 Å². The van der Waals surface area contributed by atoms with Crippen LogP contribution in [0.5, 0.6) is 11.8 Å². The summed E-state index contributed by atoms with van der Waals surface area (Å²) in [6.07, 6.45) is 3.71. The number of nitrogens with two attached hydrogens (primary N) is 1. The van der Waals surface area contributed by atoms with Gasteiger partial charge in [-0.15, -0.1) is 0 Å². The number of hydrogen-bond donors (Lipinski definition) is 3. The molecular formula is C23H21FN6O3. The third-order valence-electron chi connectivity index (χ3n) is 6.15. The molecule has 3 aromatic rings. The number of pyridine rings is 2. The quantitative estimate of drug-likeness (QED) is 0.518. The molecule has 1 aliphatic heterocycles. The summed E-state index contributed by atoms with van der Waals surface area (Å²) in [6.45, 7) is 3.00. The van der Waals surface area contributed by atoms with Crippen LogP contribution in [0.25, 0.3) is 21.9 Å². The Morgan fingerprint density at radius 3 is 2.94 bits per heavy atom. The van der Waals surface area contributed by atoms with E-state index >= 15 is 4.39 Å². The molecular weight excluding hydrogens is 427 g/mol. The van der Waals surface area contributed by atoms with Gasteiger partial charge in [-0.2, -0.15) is 5.26 Å². The van der Waals surface area contributed by atoms with E-state index in [2.05, 4.69) is 26.7 Å². The third kappa shape index (κ3) is 3.61. The highest BCUT2D eigenvalue weighted by atomic mass is 19.1. The van der Waals surface area contributed by atoms with E-state index in [0.717, 1.165) is 24.1 Å². The molecule has 0 spiro atoms. The van der Waals surface area contributed by atoms with Gasteiger partial charge in [-0.3, -0.25) is 0 Å². The summed E-state index contributed by atoms with van der Waals surface area (Å²) in [5.74, 6) is -0.265. The van der Waals surface area contributed by atoms with Gasteiger partial charge in [0, 0.05) is 47.6 Å². The SMILES string of the molecule is Cc1c(-c2cc3cc(OC(=O)NC4CCC4C#N)ncc3c(N)c2F)cnc2c1NCCO2. The van der Waals surface area contributed by atoms with E-state index in [0.29, 0.717) is 35.4 Å². The van der Waals surface area contributed by atoms with Gasteiger partial charge in [0.05, 0.1) is 17.7 Å². The van der Waals surface area contributed by atoms with Crippen LogP contribution >= 0.6 is 0 Å². The van der Waals surface area contributed by atoms with E-state index in [1.165, 1.54) is 12.3 Å². The van der Waals surface area contributed by atoms with Crippen LogP contribution in [-0.4, -0.2) is 35.3 Å². The van der Waals surface area contributed by atoms with E-state index in [1.807, 2.05) is 6.92 Å². The highest BCUT2D eigenvalue weighted by molar-refractivity contribution is 5.98. The first-order chi connectivity index (χ1) is 16.0. The molecule has 33 heavy (non-hydrogen) atoms. The molecule has 9 nitrogen and oxygen atoms in total. The van der Waals surface area contributed by atoms with Crippen LogP contribution in [0.4, 0.5) is 20.6 Å². The lowest BCUT2D eigenvalue weighted by Gasteiger charge is -2.31. The zero-order chi connectivity index (χ0) is 23.1. The number of nitrogens with zero attached hydrogens (tertiary/aromatic N) is 3. The summed E-state index contributed by atoms with van der Waals surface area (Å²) >= 11 is 0. The number of anilines is 2. The molecule has 0 saturated heterocycles. The molecule has 3 heterocycles. The number of nitrogens with one attached hydrogen (secondary N) is 2. The standard InChI is InChI=1S/C23H21FN6O3/c1-11-15(9-29-22-21(11)27-4-5-32-22)14-6-13-7-18(28-10-16(13)20(26)19(14)24)33-23(31)30-17-3-2-12(17)8-25/h6-7,9-10,12,17,27H,2-5,26H2,1H3,(H,30,31). The molecule has 168 valence electrons. The Morgan fingerprint density at radius 1 is 1.33 bits per heavy atom. The van der Waals surface area contributed by atoms with Crippen molar-refractivity contribution in [3.8, 4) is 29.0 Å². The second-order valence-electron chi connectivity index (χ2n) is 8.10. The summed E-state index contributed by atoms with van der Waals surface area (Å²) < 4.78 is 26.1. The molecule has 2 atom stereocenters. The highest BCUT2D eigenvalue weighted by Crippen LogP contribution is 2.39. The van der Waals surface area contributed by atoms with Crippen LogP contribution in [0.3, 0.4) is 0 Å². The van der Waals surface area contributed by atoms with Crippen molar-refractivity contribution in [2.75, 3.05) is 24.2 Å². The van der Waals surface area contributed by atoms with Gasteiger partial charge in [-0.25, -0.2) is 19.2 Å². The predicted molar refractivity (Wildman–Crippen MR) is 119 cm³/mol. The van der Waals surface area contributed by atoms with Gasteiger partial charge < -0.3 is 25.8 Å². The van der Waals surface area contributed by atoms with Crippen molar-refractivity contribution in [3.63, 3.8) is 0 Å². The number of aromatic nitrogens is 2. The average Bonchev–Trinajstić information content (AvgIpc) is 2.80. The van der Waals surface area contributed by atoms with Crippen molar-refractivity contribution >= 4 is 28.2 Å². The lowest BCUT2D eigenvalue weighted by molar-refractivity contribution is 0.177. The van der Waals surface area contributed by atoms with Gasteiger partial charge in [0.15, 0.2) is 5.82 Å². The fourth-order valence-electron chi connectivity index (χ4n) is 4.12. The second-order valence-corrected chi connectivity index (χ2v) is 8.10. The Kier molecular flexibility index (Phi) is 5.09. The Bertz CT molecular complexity index is 1320. The topological polar surface area (TPSA) is 135 Å². The summed E-state index contributed by atoms with van der Waals surface area (Å²) in [4.78, 5) is 20.6. The van der Waals surface area contributed by atoms with Crippen LogP contribution < -0.4 is 25.8 Å². The maximum Gasteiger partial charge on any atom is 0.414 e. The van der Waals surface area contributed by atoms with E-state index in [4.69, 9.17) is 20.5 Å². The lowest BCUT2D eigenvalue weighted by atomic mass is 9.81. The Balaban J connectivity index is 1.48. The first kappa shape index (κ1) is 20.8. The van der Waals surface area contributed by atoms with Gasteiger partial charge in [0.2, 0.25) is 11.8 Å². The largest absolute Gasteiger partial charge is 0.474 e. The first-order valence-electron chi connectivity index (χ1n) is 10.6. The molecule has 0 radical (unpaired) electrons. The number of nitriles is 1. The van der Waals surface area contributed by atoms with Gasteiger partial charge in [0.1, 0.15) is 12.3 Å². The summed E-state index contributed by atoms with van der Waals surface area (Å²) in [5.41, 5.74) is 8.39. The lowest BCUT2D eigenvalue weighted by Crippen LogP contribution is -2.47. The number of hydrogen-bond acceptors (Lipinski definition) is 8. The van der Waals surface area contributed by atoms with Crippen LogP contribution in [0.1, 0.15) is 18.4 Å². The minimum Gasteiger partial charge on any atom is -0.474 e. The molecule has 4 N–H and O–H groups in total. The Morgan fingerprint density at radius 2 is 2.18 bits per heavy atom. The summed E-state index contributed by atoms with van der Waals surface area (Å²) in [7, 11) is 0. The molecule has 1 amide bonds. The van der Waals surface area contributed by atoms with E-state index in [-0.39, 0.29) is 29.1 Å². The zero-order valence-corrected chi connectivity index (χ0v) is 17.8. The maximum absolute atomic E-state index is 15.2. The fraction of sp³-hybridized carbons (Fsp3) is 0.304. The van der Waals surface area contributed by atoms with Gasteiger partial charge >= 0.3 is 6.09 Å². The molecule has 0 bridgehead atoms. The van der Waals surface area contributed by atoms with E-state index in [9.17, 15) is 4.79 Å². The first-order valence-corrected chi connectivity index (χ1v) is 10.6. The number of benzene rings is 1. The third-order valence-corrected chi connectivity index (χ3v) is 6.15. The van der Waals surface area contributed by atoms with Crippen molar-refractivity contribution in [1.82, 2.24) is 15.3 Å². The van der Waals surface area contributed by atoms with Crippen molar-refractivity contribution < 1.29 is 18.7 Å². The highest BCUT2D eigenvalue weighted by Gasteiger charge is 2.32. The van der Waals surface area contributed by atoms with Crippen molar-refractivity contribution in [2.24, 2.45) is 5.92 Å². The Hall–Kier alpha value is -4.13.